The molecule has 0 aromatic heterocycles. The molecular formula is C26H28BrN3O5S. The first kappa shape index (κ1) is 27.2. The summed E-state index contributed by atoms with van der Waals surface area (Å²) in [7, 11) is -2.32. The average Bonchev–Trinajstić information content (AvgIpc) is 2.86. The standard InChI is InChI=1S/C26H28BrN3O5S/c1-19(26(32)28-2)29(17-20-9-11-21(27)12-10-20)25(31)18-30(36(3,33)34)22-13-15-24(16-14-22)35-23-7-5-4-6-8-23/h4-16,19H,17-18H2,1-3H3,(H,28,32)/t19-/m1/s1. The number of ether oxygens (including phenoxy) is 1. The number of nitrogens with zero attached hydrogens (tertiary/aromatic N) is 2. The molecule has 3 rings (SSSR count). The van der Waals surface area contributed by atoms with E-state index < -0.39 is 28.5 Å². The van der Waals surface area contributed by atoms with Gasteiger partial charge in [0.05, 0.1) is 11.9 Å². The number of likely N-dealkylation sites (N-methyl/N-ethyl adjacent to an activating group) is 1. The quantitative estimate of drug-likeness (QED) is 0.392. The summed E-state index contributed by atoms with van der Waals surface area (Å²) in [5.74, 6) is 0.305. The number of halogens is 1. The summed E-state index contributed by atoms with van der Waals surface area (Å²) in [5.41, 5.74) is 1.11. The Bertz CT molecular complexity index is 1280. The molecule has 0 bridgehead atoms. The lowest BCUT2D eigenvalue weighted by Crippen LogP contribution is -2.50. The van der Waals surface area contributed by atoms with Crippen molar-refractivity contribution in [1.29, 1.82) is 0 Å². The van der Waals surface area contributed by atoms with E-state index >= 15 is 0 Å². The van der Waals surface area contributed by atoms with E-state index in [1.165, 1.54) is 11.9 Å². The molecule has 10 heteroatoms. The normalized spacial score (nSPS) is 11.9. The van der Waals surface area contributed by atoms with Crippen molar-refractivity contribution in [2.45, 2.75) is 19.5 Å². The smallest absolute Gasteiger partial charge is 0.244 e. The van der Waals surface area contributed by atoms with Crippen molar-refractivity contribution in [2.24, 2.45) is 0 Å². The highest BCUT2D eigenvalue weighted by atomic mass is 79.9. The van der Waals surface area contributed by atoms with E-state index in [9.17, 15) is 18.0 Å². The van der Waals surface area contributed by atoms with Gasteiger partial charge in [-0.25, -0.2) is 8.42 Å². The number of benzene rings is 3. The number of anilines is 1. The van der Waals surface area contributed by atoms with Crippen LogP contribution in [0, 0.1) is 0 Å². The molecule has 0 aliphatic carbocycles. The summed E-state index contributed by atoms with van der Waals surface area (Å²) < 4.78 is 33.0. The molecule has 1 N–H and O–H groups in total. The van der Waals surface area contributed by atoms with Gasteiger partial charge in [0.2, 0.25) is 21.8 Å². The van der Waals surface area contributed by atoms with Crippen molar-refractivity contribution >= 4 is 43.5 Å². The van der Waals surface area contributed by atoms with Crippen LogP contribution in [0.15, 0.2) is 83.3 Å². The molecule has 0 unspecified atom stereocenters. The van der Waals surface area contributed by atoms with E-state index in [2.05, 4.69) is 21.2 Å². The summed E-state index contributed by atoms with van der Waals surface area (Å²) in [6.07, 6.45) is 1.04. The fourth-order valence-electron chi connectivity index (χ4n) is 3.50. The molecule has 0 aliphatic heterocycles. The van der Waals surface area contributed by atoms with Gasteiger partial charge in [-0.15, -0.1) is 0 Å². The number of amides is 2. The third-order valence-electron chi connectivity index (χ3n) is 5.46. The van der Waals surface area contributed by atoms with E-state index in [4.69, 9.17) is 4.74 Å². The first-order valence-electron chi connectivity index (χ1n) is 11.1. The maximum Gasteiger partial charge on any atom is 0.244 e. The number of para-hydroxylation sites is 1. The van der Waals surface area contributed by atoms with Gasteiger partial charge in [0.15, 0.2) is 0 Å². The summed E-state index contributed by atoms with van der Waals surface area (Å²) in [6, 6.07) is 22.1. The van der Waals surface area contributed by atoms with Crippen molar-refractivity contribution in [3.8, 4) is 11.5 Å². The zero-order chi connectivity index (χ0) is 26.3. The minimum absolute atomic E-state index is 0.141. The lowest BCUT2D eigenvalue weighted by Gasteiger charge is -2.31. The lowest BCUT2D eigenvalue weighted by atomic mass is 10.1. The van der Waals surface area contributed by atoms with Crippen molar-refractivity contribution in [1.82, 2.24) is 10.2 Å². The van der Waals surface area contributed by atoms with Crippen molar-refractivity contribution < 1.29 is 22.7 Å². The van der Waals surface area contributed by atoms with Gasteiger partial charge in [0.1, 0.15) is 24.1 Å². The van der Waals surface area contributed by atoms with Crippen LogP contribution in [0.25, 0.3) is 0 Å². The molecule has 0 heterocycles. The monoisotopic (exact) mass is 573 g/mol. The zero-order valence-corrected chi connectivity index (χ0v) is 22.6. The molecule has 2 amide bonds. The topological polar surface area (TPSA) is 96.0 Å². The maximum absolute atomic E-state index is 13.4. The fraction of sp³-hybridized carbons (Fsp3) is 0.231. The van der Waals surface area contributed by atoms with Crippen LogP contribution in [-0.4, -0.2) is 51.0 Å². The van der Waals surface area contributed by atoms with E-state index in [-0.39, 0.29) is 12.5 Å². The predicted octanol–water partition coefficient (Wildman–Crippen LogP) is 4.17. The first-order chi connectivity index (χ1) is 17.1. The Morgan fingerprint density at radius 3 is 2.08 bits per heavy atom. The minimum atomic E-state index is -3.81. The molecule has 0 spiro atoms. The highest BCUT2D eigenvalue weighted by Gasteiger charge is 2.29. The minimum Gasteiger partial charge on any atom is -0.457 e. The summed E-state index contributed by atoms with van der Waals surface area (Å²) in [6.45, 7) is 1.29. The van der Waals surface area contributed by atoms with Crippen LogP contribution in [-0.2, 0) is 26.2 Å². The van der Waals surface area contributed by atoms with Crippen molar-refractivity contribution in [3.05, 3.63) is 88.9 Å². The molecule has 3 aromatic rings. The van der Waals surface area contributed by atoms with Gasteiger partial charge < -0.3 is 15.0 Å². The van der Waals surface area contributed by atoms with Crippen LogP contribution in [0.4, 0.5) is 5.69 Å². The van der Waals surface area contributed by atoms with Gasteiger partial charge in [0.25, 0.3) is 0 Å². The number of rotatable bonds is 10. The molecule has 0 saturated heterocycles. The highest BCUT2D eigenvalue weighted by Crippen LogP contribution is 2.26. The largest absolute Gasteiger partial charge is 0.457 e. The number of carbonyl (C=O) groups excluding carboxylic acids is 2. The van der Waals surface area contributed by atoms with Gasteiger partial charge in [-0.3, -0.25) is 13.9 Å². The highest BCUT2D eigenvalue weighted by molar-refractivity contribution is 9.10. The van der Waals surface area contributed by atoms with Crippen LogP contribution < -0.4 is 14.4 Å². The van der Waals surface area contributed by atoms with Crippen LogP contribution in [0.1, 0.15) is 12.5 Å². The molecular weight excluding hydrogens is 546 g/mol. The Balaban J connectivity index is 1.84. The summed E-state index contributed by atoms with van der Waals surface area (Å²) >= 11 is 3.38. The van der Waals surface area contributed by atoms with Crippen LogP contribution >= 0.6 is 15.9 Å². The van der Waals surface area contributed by atoms with Gasteiger partial charge in [-0.2, -0.15) is 0 Å². The van der Waals surface area contributed by atoms with E-state index in [1.54, 1.807) is 31.2 Å². The molecule has 190 valence electrons. The maximum atomic E-state index is 13.4. The number of hydrogen-bond donors (Lipinski definition) is 1. The van der Waals surface area contributed by atoms with E-state index in [0.717, 1.165) is 20.6 Å². The van der Waals surface area contributed by atoms with Gasteiger partial charge >= 0.3 is 0 Å². The SMILES string of the molecule is CNC(=O)[C@@H](C)N(Cc1ccc(Br)cc1)C(=O)CN(c1ccc(Oc2ccccc2)cc1)S(C)(=O)=O. The summed E-state index contributed by atoms with van der Waals surface area (Å²) in [4.78, 5) is 27.2. The van der Waals surface area contributed by atoms with Crippen molar-refractivity contribution in [2.75, 3.05) is 24.2 Å². The zero-order valence-electron chi connectivity index (χ0n) is 20.2. The van der Waals surface area contributed by atoms with Crippen LogP contribution in [0.3, 0.4) is 0 Å². The second-order valence-corrected chi connectivity index (χ2v) is 10.9. The first-order valence-corrected chi connectivity index (χ1v) is 13.8. The Morgan fingerprint density at radius 2 is 1.53 bits per heavy atom. The molecule has 8 nitrogen and oxygen atoms in total. The van der Waals surface area contributed by atoms with E-state index in [0.29, 0.717) is 17.2 Å². The van der Waals surface area contributed by atoms with Crippen LogP contribution in [0.5, 0.6) is 11.5 Å². The van der Waals surface area contributed by atoms with Gasteiger partial charge in [-0.1, -0.05) is 46.3 Å². The molecule has 0 fully saturated rings. The number of hydrogen-bond acceptors (Lipinski definition) is 5. The number of carbonyl (C=O) groups is 2. The molecule has 0 saturated carbocycles. The Morgan fingerprint density at radius 1 is 0.944 bits per heavy atom. The fourth-order valence-corrected chi connectivity index (χ4v) is 4.61. The third-order valence-corrected chi connectivity index (χ3v) is 7.13. The van der Waals surface area contributed by atoms with Gasteiger partial charge in [-0.05, 0) is 61.0 Å². The third kappa shape index (κ3) is 7.32. The molecule has 1 atom stereocenters. The average molecular weight is 574 g/mol. The predicted molar refractivity (Wildman–Crippen MR) is 143 cm³/mol. The molecule has 36 heavy (non-hydrogen) atoms. The molecule has 3 aromatic carbocycles. The van der Waals surface area contributed by atoms with Crippen LogP contribution in [0.2, 0.25) is 0 Å². The summed E-state index contributed by atoms with van der Waals surface area (Å²) in [5, 5.41) is 2.55. The van der Waals surface area contributed by atoms with Crippen molar-refractivity contribution in [3.63, 3.8) is 0 Å². The second kappa shape index (κ2) is 12.0. The molecule has 0 radical (unpaired) electrons. The Hall–Kier alpha value is -3.37. The van der Waals surface area contributed by atoms with E-state index in [1.807, 2.05) is 54.6 Å². The Kier molecular flexibility index (Phi) is 9.11. The Labute approximate surface area is 220 Å². The lowest BCUT2D eigenvalue weighted by molar-refractivity contribution is -0.139. The molecule has 0 aliphatic rings. The second-order valence-electron chi connectivity index (χ2n) is 8.12. The van der Waals surface area contributed by atoms with Gasteiger partial charge in [0, 0.05) is 18.1 Å². The number of nitrogens with one attached hydrogen (secondary N) is 1. The number of sulfonamides is 1.